The molecule has 0 nitrogen and oxygen atoms in total. The minimum absolute atomic E-state index is 0.910. The maximum Gasteiger partial charge on any atom is 0.0107 e. The van der Waals surface area contributed by atoms with Crippen molar-refractivity contribution in [3.63, 3.8) is 0 Å². The van der Waals surface area contributed by atoms with E-state index in [2.05, 4.69) is 45.4 Å². The molecule has 0 aliphatic heterocycles. The molecule has 1 unspecified atom stereocenters. The lowest BCUT2D eigenvalue weighted by molar-refractivity contribution is 0.651. The van der Waals surface area contributed by atoms with Crippen LogP contribution in [0.1, 0.15) is 39.0 Å². The van der Waals surface area contributed by atoms with E-state index >= 15 is 0 Å². The molecule has 1 atom stereocenters. The Bertz CT molecular complexity index is 66.3. The smallest absolute Gasteiger partial charge is 0.0107 e. The maximum absolute atomic E-state index is 3.43. The predicted octanol–water partition coefficient (Wildman–Crippen LogP) is 4.16. The van der Waals surface area contributed by atoms with E-state index in [1.165, 1.54) is 37.4 Å². The van der Waals surface area contributed by atoms with Gasteiger partial charge in [-0.1, -0.05) is 58.3 Å². The minimum atomic E-state index is 0.910. The molecule has 62 valence electrons. The molecular weight excluding hydrogens is 303 g/mol. The molecule has 0 aliphatic carbocycles. The zero-order valence-electron chi connectivity index (χ0n) is 6.58. The van der Waals surface area contributed by atoms with Gasteiger partial charge in [0.15, 0.2) is 0 Å². The fourth-order valence-corrected chi connectivity index (χ4v) is 1.68. The quantitative estimate of drug-likeness (QED) is 0.392. The molecule has 0 saturated heterocycles. The Morgan fingerprint density at radius 1 is 1.30 bits per heavy atom. The first-order valence-electron chi connectivity index (χ1n) is 4.01. The molecule has 0 saturated carbocycles. The molecule has 0 aromatic carbocycles. The summed E-state index contributed by atoms with van der Waals surface area (Å²) in [7, 11) is 0. The third-order valence-electron chi connectivity index (χ3n) is 1.59. The van der Waals surface area contributed by atoms with Crippen molar-refractivity contribution in [1.29, 1.82) is 0 Å². The molecule has 0 spiro atoms. The summed E-state index contributed by atoms with van der Waals surface area (Å²) >= 11 is 5.98. The topological polar surface area (TPSA) is 0 Å². The zero-order chi connectivity index (χ0) is 7.82. The van der Waals surface area contributed by atoms with Crippen LogP contribution in [0.4, 0.5) is 0 Å². The van der Waals surface area contributed by atoms with Gasteiger partial charge in [-0.15, -0.1) is 0 Å². The van der Waals surface area contributed by atoms with Crippen LogP contribution in [0.3, 0.4) is 0 Å². The summed E-state index contributed by atoms with van der Waals surface area (Å²) in [5.74, 6) is 0. The summed E-state index contributed by atoms with van der Waals surface area (Å²) in [5, 5.41) is 1.17. The van der Waals surface area contributed by atoms with Gasteiger partial charge in [-0.3, -0.25) is 0 Å². The number of hydrogen-bond acceptors (Lipinski definition) is 0. The zero-order valence-corrected chi connectivity index (χ0v) is 10.3. The second-order valence-corrected chi connectivity index (χ2v) is 5.10. The summed E-state index contributed by atoms with van der Waals surface area (Å²) < 4.78 is 0.910. The highest BCUT2D eigenvalue weighted by Gasteiger charge is 1.98. The molecule has 0 N–H and O–H groups in total. The van der Waals surface area contributed by atoms with Gasteiger partial charge in [-0.05, 0) is 19.3 Å². The Hall–Kier alpha value is 1.21. The van der Waals surface area contributed by atoms with Crippen LogP contribution in [-0.2, 0) is 0 Å². The second kappa shape index (κ2) is 8.31. The molecular formula is C8H16BrI. The normalized spacial score (nSPS) is 13.5. The van der Waals surface area contributed by atoms with Crippen molar-refractivity contribution in [2.24, 2.45) is 0 Å². The van der Waals surface area contributed by atoms with Crippen molar-refractivity contribution in [1.82, 2.24) is 0 Å². The van der Waals surface area contributed by atoms with E-state index in [4.69, 9.17) is 0 Å². The lowest BCUT2D eigenvalue weighted by Gasteiger charge is -2.04. The molecule has 0 heterocycles. The van der Waals surface area contributed by atoms with Crippen molar-refractivity contribution in [2.45, 2.75) is 43.0 Å². The van der Waals surface area contributed by atoms with Crippen molar-refractivity contribution in [2.75, 3.05) is 5.33 Å². The molecule has 0 amide bonds. The fourth-order valence-electron chi connectivity index (χ4n) is 0.841. The van der Waals surface area contributed by atoms with E-state index in [9.17, 15) is 0 Å². The minimum Gasteiger partial charge on any atom is -0.0928 e. The van der Waals surface area contributed by atoms with Gasteiger partial charge in [-0.25, -0.2) is 0 Å². The molecule has 10 heavy (non-hydrogen) atoms. The van der Waals surface area contributed by atoms with Crippen LogP contribution in [0.25, 0.3) is 0 Å². The number of rotatable bonds is 6. The first-order chi connectivity index (χ1) is 4.81. The highest BCUT2D eigenvalue weighted by molar-refractivity contribution is 14.1. The number of alkyl halides is 2. The molecule has 0 rings (SSSR count). The molecule has 0 fully saturated rings. The highest BCUT2D eigenvalue weighted by Crippen LogP contribution is 2.14. The Labute approximate surface area is 86.4 Å². The van der Waals surface area contributed by atoms with Crippen LogP contribution in [0.15, 0.2) is 0 Å². The predicted molar refractivity (Wildman–Crippen MR) is 60.4 cm³/mol. The van der Waals surface area contributed by atoms with Gasteiger partial charge in [-0.2, -0.15) is 0 Å². The Kier molecular flexibility index (Phi) is 9.31. The van der Waals surface area contributed by atoms with Gasteiger partial charge in [0.1, 0.15) is 0 Å². The lowest BCUT2D eigenvalue weighted by Crippen LogP contribution is -1.94. The molecule has 0 aromatic rings. The average Bonchev–Trinajstić information content (AvgIpc) is 1.98. The summed E-state index contributed by atoms with van der Waals surface area (Å²) in [5.41, 5.74) is 0. The van der Waals surface area contributed by atoms with Crippen molar-refractivity contribution < 1.29 is 0 Å². The molecule has 0 aromatic heterocycles. The molecule has 0 bridgehead atoms. The van der Waals surface area contributed by atoms with Crippen LogP contribution >= 0.6 is 38.5 Å². The third-order valence-corrected chi connectivity index (χ3v) is 3.66. The maximum atomic E-state index is 3.43. The lowest BCUT2D eigenvalue weighted by atomic mass is 10.1. The first-order valence-corrected chi connectivity index (χ1v) is 6.38. The van der Waals surface area contributed by atoms with Crippen LogP contribution in [0, 0.1) is 0 Å². The van der Waals surface area contributed by atoms with E-state index in [0.717, 1.165) is 3.92 Å². The SMILES string of the molecule is CCC(I)CCCCCBr. The van der Waals surface area contributed by atoms with Crippen LogP contribution in [0.2, 0.25) is 0 Å². The Morgan fingerprint density at radius 2 is 2.00 bits per heavy atom. The van der Waals surface area contributed by atoms with Gasteiger partial charge < -0.3 is 0 Å². The largest absolute Gasteiger partial charge is 0.0928 e. The Morgan fingerprint density at radius 3 is 2.50 bits per heavy atom. The van der Waals surface area contributed by atoms with E-state index in [1.807, 2.05) is 0 Å². The van der Waals surface area contributed by atoms with Crippen LogP contribution in [-0.4, -0.2) is 9.25 Å². The van der Waals surface area contributed by atoms with Gasteiger partial charge in [0, 0.05) is 9.25 Å². The molecule has 2 heteroatoms. The monoisotopic (exact) mass is 318 g/mol. The number of unbranched alkanes of at least 4 members (excludes halogenated alkanes) is 2. The second-order valence-electron chi connectivity index (χ2n) is 2.54. The number of halogens is 2. The summed E-state index contributed by atoms with van der Waals surface area (Å²) in [6, 6.07) is 0. The van der Waals surface area contributed by atoms with Crippen molar-refractivity contribution in [3.05, 3.63) is 0 Å². The fraction of sp³-hybridized carbons (Fsp3) is 1.00. The van der Waals surface area contributed by atoms with Crippen LogP contribution < -0.4 is 0 Å². The average molecular weight is 319 g/mol. The van der Waals surface area contributed by atoms with Gasteiger partial charge in [0.2, 0.25) is 0 Å². The third kappa shape index (κ3) is 7.32. The summed E-state index contributed by atoms with van der Waals surface area (Å²) in [6.07, 6.45) is 6.88. The van der Waals surface area contributed by atoms with E-state index in [1.54, 1.807) is 0 Å². The Balaban J connectivity index is 2.89. The molecule has 0 aliphatic rings. The van der Waals surface area contributed by atoms with E-state index < -0.39 is 0 Å². The van der Waals surface area contributed by atoms with E-state index in [0.29, 0.717) is 0 Å². The molecule has 0 radical (unpaired) electrons. The van der Waals surface area contributed by atoms with E-state index in [-0.39, 0.29) is 0 Å². The van der Waals surface area contributed by atoms with Crippen molar-refractivity contribution in [3.8, 4) is 0 Å². The summed E-state index contributed by atoms with van der Waals surface area (Å²) in [4.78, 5) is 0. The van der Waals surface area contributed by atoms with Crippen molar-refractivity contribution >= 4 is 38.5 Å². The summed E-state index contributed by atoms with van der Waals surface area (Å²) in [6.45, 7) is 2.27. The first kappa shape index (κ1) is 11.2. The standard InChI is InChI=1S/C8H16BrI/c1-2-8(10)6-4-3-5-7-9/h8H,2-7H2,1H3. The van der Waals surface area contributed by atoms with Gasteiger partial charge in [0.25, 0.3) is 0 Å². The van der Waals surface area contributed by atoms with Gasteiger partial charge in [0.05, 0.1) is 0 Å². The highest BCUT2D eigenvalue weighted by atomic mass is 127. The van der Waals surface area contributed by atoms with Gasteiger partial charge >= 0.3 is 0 Å². The number of hydrogen-bond donors (Lipinski definition) is 0. The van der Waals surface area contributed by atoms with Crippen LogP contribution in [0.5, 0.6) is 0 Å².